The molecule has 2 heterocycles. The van der Waals surface area contributed by atoms with Gasteiger partial charge in [-0.25, -0.2) is 8.78 Å². The molecule has 2 fully saturated rings. The van der Waals surface area contributed by atoms with E-state index in [2.05, 4.69) is 0 Å². The van der Waals surface area contributed by atoms with Crippen molar-refractivity contribution in [3.8, 4) is 6.07 Å². The molecule has 22 heavy (non-hydrogen) atoms. The number of hydrogen-bond acceptors (Lipinski definition) is 5. The fourth-order valence-corrected chi connectivity index (χ4v) is 2.00. The predicted molar refractivity (Wildman–Crippen MR) is 73.4 cm³/mol. The average Bonchev–Trinajstić information content (AvgIpc) is 2.48. The van der Waals surface area contributed by atoms with Crippen LogP contribution in [0.3, 0.4) is 0 Å². The van der Waals surface area contributed by atoms with E-state index in [9.17, 15) is 8.78 Å². The molecule has 5 nitrogen and oxygen atoms in total. The Kier molecular flexibility index (Phi) is 13.1. The number of hydrogen-bond donors (Lipinski definition) is 2. The van der Waals surface area contributed by atoms with Gasteiger partial charge in [-0.3, -0.25) is 0 Å². The first-order valence-electron chi connectivity index (χ1n) is 6.68. The van der Waals surface area contributed by atoms with Crippen molar-refractivity contribution in [3.63, 3.8) is 0 Å². The molecule has 0 amide bonds. The molecule has 2 rings (SSSR count). The van der Waals surface area contributed by atoms with Gasteiger partial charge in [0.05, 0.1) is 12.7 Å². The third kappa shape index (κ3) is 7.69. The fourth-order valence-electron chi connectivity index (χ4n) is 2.00. The Bertz CT molecular complexity index is 340. The molecule has 2 aliphatic heterocycles. The van der Waals surface area contributed by atoms with Gasteiger partial charge in [-0.1, -0.05) is 0 Å². The first kappa shape index (κ1) is 24.5. The van der Waals surface area contributed by atoms with E-state index in [0.29, 0.717) is 26.1 Å². The van der Waals surface area contributed by atoms with Gasteiger partial charge in [0.15, 0.2) is 11.8 Å². The summed E-state index contributed by atoms with van der Waals surface area (Å²) in [4.78, 5) is 0. The van der Waals surface area contributed by atoms with E-state index < -0.39 is 17.4 Å². The number of aliphatic hydroxyl groups excluding tert-OH is 2. The van der Waals surface area contributed by atoms with Crippen molar-refractivity contribution >= 4 is 8.41 Å². The molecule has 1 atom stereocenters. The molecule has 9 heteroatoms. The molecule has 2 N–H and O–H groups in total. The number of nitriles is 1. The van der Waals surface area contributed by atoms with Crippen LogP contribution in [0.25, 0.3) is 0 Å². The van der Waals surface area contributed by atoms with Crippen LogP contribution in [-0.4, -0.2) is 69.1 Å². The molecule has 0 saturated carbocycles. The fraction of sp³-hybridized carbons (Fsp3) is 0.923. The van der Waals surface area contributed by atoms with Gasteiger partial charge in [0.25, 0.3) is 0 Å². The Morgan fingerprint density at radius 1 is 1.09 bits per heavy atom. The molecule has 1 unspecified atom stereocenters. The van der Waals surface area contributed by atoms with Gasteiger partial charge in [0.1, 0.15) is 5.67 Å². The van der Waals surface area contributed by atoms with E-state index in [0.717, 1.165) is 0 Å². The van der Waals surface area contributed by atoms with E-state index in [1.165, 1.54) is 6.07 Å². The van der Waals surface area contributed by atoms with Crippen LogP contribution in [0.1, 0.15) is 27.1 Å². The van der Waals surface area contributed by atoms with Crippen LogP contribution >= 0.6 is 0 Å². The predicted octanol–water partition coefficient (Wildman–Crippen LogP) is -2.38. The van der Waals surface area contributed by atoms with Crippen molar-refractivity contribution in [2.24, 2.45) is 0 Å². The quantitative estimate of drug-likeness (QED) is 0.437. The van der Waals surface area contributed by atoms with Gasteiger partial charge in [0.2, 0.25) is 0 Å². The number of aliphatic hydroxyl groups is 2. The first-order chi connectivity index (χ1) is 9.46. The minimum Gasteiger partial charge on any atom is -1.00 e. The standard InChI is InChI=1S/C7H10FNO2.C6H11FO2.B.Na.H/c8-7(6(10)5-9)1-3-11-4-2-7;7-6(5-8)1-3-9-4-2-6;;;/h6,10H,1-4H2;8H,1-5H2;;;/q;;;+1;-1. The molecule has 0 aromatic rings. The zero-order valence-electron chi connectivity index (χ0n) is 13.9. The normalized spacial score (nSPS) is 23.4. The van der Waals surface area contributed by atoms with Crippen molar-refractivity contribution in [2.45, 2.75) is 43.1 Å². The van der Waals surface area contributed by atoms with Crippen LogP contribution in [0, 0.1) is 11.3 Å². The van der Waals surface area contributed by atoms with Gasteiger partial charge in [0, 0.05) is 60.5 Å². The summed E-state index contributed by atoms with van der Waals surface area (Å²) >= 11 is 0. The summed E-state index contributed by atoms with van der Waals surface area (Å²) in [6.07, 6.45) is -0.609. The minimum atomic E-state index is -1.74. The topological polar surface area (TPSA) is 82.7 Å². The molecule has 2 saturated heterocycles. The van der Waals surface area contributed by atoms with E-state index in [-0.39, 0.29) is 72.1 Å². The number of rotatable bonds is 2. The molecule has 3 radical (unpaired) electrons. The number of nitrogens with zero attached hydrogens (tertiary/aromatic N) is 1. The Balaban J connectivity index is -0.000000312. The van der Waals surface area contributed by atoms with Gasteiger partial charge >= 0.3 is 29.6 Å². The summed E-state index contributed by atoms with van der Waals surface area (Å²) in [6, 6.07) is 1.50. The van der Waals surface area contributed by atoms with Gasteiger partial charge < -0.3 is 21.1 Å². The number of ether oxygens (including phenoxy) is 2. The van der Waals surface area contributed by atoms with Crippen LogP contribution in [0.15, 0.2) is 0 Å². The monoisotopic (exact) mass is 328 g/mol. The van der Waals surface area contributed by atoms with Crippen LogP contribution in [0.5, 0.6) is 0 Å². The minimum absolute atomic E-state index is 0. The average molecular weight is 328 g/mol. The largest absolute Gasteiger partial charge is 1.00 e. The second kappa shape index (κ2) is 11.7. The smallest absolute Gasteiger partial charge is 1.00 e. The first-order valence-corrected chi connectivity index (χ1v) is 6.68. The van der Waals surface area contributed by atoms with Crippen LogP contribution in [0.2, 0.25) is 0 Å². The van der Waals surface area contributed by atoms with E-state index >= 15 is 0 Å². The van der Waals surface area contributed by atoms with Crippen LogP contribution in [-0.2, 0) is 9.47 Å². The van der Waals surface area contributed by atoms with Crippen LogP contribution < -0.4 is 29.6 Å². The second-order valence-electron chi connectivity index (χ2n) is 5.10. The Morgan fingerprint density at radius 3 is 1.82 bits per heavy atom. The van der Waals surface area contributed by atoms with Crippen molar-refractivity contribution in [1.29, 1.82) is 5.26 Å². The Hall–Kier alpha value is 0.255. The summed E-state index contributed by atoms with van der Waals surface area (Å²) < 4.78 is 36.2. The maximum atomic E-state index is 13.4. The summed E-state index contributed by atoms with van der Waals surface area (Å²) in [5.41, 5.74) is -3.09. The maximum Gasteiger partial charge on any atom is 1.00 e. The van der Waals surface area contributed by atoms with Gasteiger partial charge in [-0.2, -0.15) is 5.26 Å². The molecule has 0 spiro atoms. The molecular formula is C13H22BF2NNaO4. The molecular weight excluding hydrogens is 306 g/mol. The van der Waals surface area contributed by atoms with Gasteiger partial charge in [-0.15, -0.1) is 0 Å². The Morgan fingerprint density at radius 2 is 1.50 bits per heavy atom. The molecule has 0 aromatic heterocycles. The summed E-state index contributed by atoms with van der Waals surface area (Å²) in [5.74, 6) is 0. The van der Waals surface area contributed by atoms with Crippen molar-refractivity contribution in [2.75, 3.05) is 33.0 Å². The number of alkyl halides is 2. The molecule has 0 aliphatic carbocycles. The third-order valence-corrected chi connectivity index (χ3v) is 3.61. The zero-order valence-corrected chi connectivity index (χ0v) is 14.9. The van der Waals surface area contributed by atoms with E-state index in [4.69, 9.17) is 24.9 Å². The molecule has 0 bridgehead atoms. The summed E-state index contributed by atoms with van der Waals surface area (Å²) in [6.45, 7) is 1.09. The summed E-state index contributed by atoms with van der Waals surface area (Å²) in [5, 5.41) is 25.7. The third-order valence-electron chi connectivity index (χ3n) is 3.61. The summed E-state index contributed by atoms with van der Waals surface area (Å²) in [7, 11) is 0. The molecule has 2 aliphatic rings. The van der Waals surface area contributed by atoms with Crippen molar-refractivity contribution < 1.29 is 59.5 Å². The van der Waals surface area contributed by atoms with Crippen molar-refractivity contribution in [1.82, 2.24) is 0 Å². The maximum absolute atomic E-state index is 13.4. The van der Waals surface area contributed by atoms with Crippen molar-refractivity contribution in [3.05, 3.63) is 0 Å². The molecule has 121 valence electrons. The number of halogens is 2. The second-order valence-corrected chi connectivity index (χ2v) is 5.10. The molecule has 0 aromatic carbocycles. The SMILES string of the molecule is N#CC(O)C1(F)CCOCC1.OCC1(F)CCOCC1.[B].[H-].[Na+]. The Labute approximate surface area is 155 Å². The van der Waals surface area contributed by atoms with Gasteiger partial charge in [-0.05, 0) is 0 Å². The van der Waals surface area contributed by atoms with E-state index in [1.807, 2.05) is 0 Å². The zero-order chi connectivity index (χ0) is 15.1. The van der Waals surface area contributed by atoms with E-state index in [1.54, 1.807) is 0 Å². The van der Waals surface area contributed by atoms with Crippen LogP contribution in [0.4, 0.5) is 8.78 Å².